The van der Waals surface area contributed by atoms with Crippen LogP contribution in [0.25, 0.3) is 0 Å². The number of pyridine rings is 1. The first-order valence-electron chi connectivity index (χ1n) is 10.3. The zero-order valence-corrected chi connectivity index (χ0v) is 16.9. The number of carbonyl (C=O) groups is 1. The van der Waals surface area contributed by atoms with E-state index >= 15 is 0 Å². The number of hydrogen-bond acceptors (Lipinski definition) is 3. The molecule has 0 unspecified atom stereocenters. The van der Waals surface area contributed by atoms with Gasteiger partial charge in [-0.25, -0.2) is 0 Å². The van der Waals surface area contributed by atoms with E-state index in [0.717, 1.165) is 41.4 Å². The predicted molar refractivity (Wildman–Crippen MR) is 111 cm³/mol. The fraction of sp³-hybridized carbons (Fsp3) is 0.478. The van der Waals surface area contributed by atoms with Crippen LogP contribution >= 0.6 is 11.6 Å². The topological polar surface area (TPSA) is 42.4 Å². The van der Waals surface area contributed by atoms with Gasteiger partial charge in [-0.05, 0) is 67.5 Å². The molecule has 148 valence electrons. The summed E-state index contributed by atoms with van der Waals surface area (Å²) < 4.78 is 6.03. The minimum Gasteiger partial charge on any atom is -0.483 e. The van der Waals surface area contributed by atoms with E-state index in [0.29, 0.717) is 5.92 Å². The van der Waals surface area contributed by atoms with E-state index in [1.807, 2.05) is 41.3 Å². The summed E-state index contributed by atoms with van der Waals surface area (Å²) in [4.78, 5) is 19.3. The molecule has 5 heteroatoms. The second kappa shape index (κ2) is 8.95. The lowest BCUT2D eigenvalue weighted by atomic mass is 9.84. The SMILES string of the molecule is O=C(COc1ccc(Cl)cc1C1CCCCC1)N1CCC[C@H]1c1ccccn1. The van der Waals surface area contributed by atoms with Crippen molar-refractivity contribution in [3.8, 4) is 5.75 Å². The van der Waals surface area contributed by atoms with E-state index in [1.165, 1.54) is 32.1 Å². The van der Waals surface area contributed by atoms with Crippen LogP contribution in [-0.4, -0.2) is 28.9 Å². The molecule has 2 aliphatic rings. The third-order valence-corrected chi connectivity index (χ3v) is 6.21. The van der Waals surface area contributed by atoms with Gasteiger partial charge in [0.1, 0.15) is 5.75 Å². The average Bonchev–Trinajstić information content (AvgIpc) is 3.24. The fourth-order valence-corrected chi connectivity index (χ4v) is 4.73. The second-order valence-corrected chi connectivity index (χ2v) is 8.24. The van der Waals surface area contributed by atoms with Gasteiger partial charge in [0.2, 0.25) is 0 Å². The van der Waals surface area contributed by atoms with Crippen LogP contribution in [0.1, 0.15) is 68.2 Å². The summed E-state index contributed by atoms with van der Waals surface area (Å²) >= 11 is 6.25. The third kappa shape index (κ3) is 4.33. The van der Waals surface area contributed by atoms with E-state index in [9.17, 15) is 4.79 Å². The number of rotatable bonds is 5. The van der Waals surface area contributed by atoms with Gasteiger partial charge in [0.15, 0.2) is 6.61 Å². The van der Waals surface area contributed by atoms with Crippen LogP contribution in [0.2, 0.25) is 5.02 Å². The van der Waals surface area contributed by atoms with Gasteiger partial charge in [-0.15, -0.1) is 0 Å². The maximum absolute atomic E-state index is 12.9. The minimum absolute atomic E-state index is 0.0256. The highest BCUT2D eigenvalue weighted by molar-refractivity contribution is 6.30. The van der Waals surface area contributed by atoms with Gasteiger partial charge < -0.3 is 9.64 Å². The molecular formula is C23H27ClN2O2. The van der Waals surface area contributed by atoms with E-state index in [-0.39, 0.29) is 18.6 Å². The molecule has 0 spiro atoms. The van der Waals surface area contributed by atoms with E-state index in [1.54, 1.807) is 6.20 Å². The first kappa shape index (κ1) is 19.3. The number of likely N-dealkylation sites (tertiary alicyclic amines) is 1. The van der Waals surface area contributed by atoms with Crippen molar-refractivity contribution in [1.29, 1.82) is 0 Å². The minimum atomic E-state index is 0.0256. The normalized spacial score (nSPS) is 20.3. The van der Waals surface area contributed by atoms with Crippen LogP contribution in [-0.2, 0) is 4.79 Å². The van der Waals surface area contributed by atoms with Crippen LogP contribution in [0.4, 0.5) is 0 Å². The first-order valence-corrected chi connectivity index (χ1v) is 10.7. The van der Waals surface area contributed by atoms with Crippen LogP contribution < -0.4 is 4.74 Å². The quantitative estimate of drug-likeness (QED) is 0.665. The average molecular weight is 399 g/mol. The molecule has 1 aromatic carbocycles. The van der Waals surface area contributed by atoms with E-state index in [4.69, 9.17) is 16.3 Å². The molecule has 2 aromatic rings. The summed E-state index contributed by atoms with van der Waals surface area (Å²) in [7, 11) is 0. The van der Waals surface area contributed by atoms with Gasteiger partial charge in [-0.3, -0.25) is 9.78 Å². The molecule has 1 amide bonds. The Morgan fingerprint density at radius 2 is 1.96 bits per heavy atom. The number of ether oxygens (including phenoxy) is 1. The smallest absolute Gasteiger partial charge is 0.261 e. The van der Waals surface area contributed by atoms with Gasteiger partial charge in [-0.2, -0.15) is 0 Å². The van der Waals surface area contributed by atoms with Gasteiger partial charge in [0, 0.05) is 17.8 Å². The highest BCUT2D eigenvalue weighted by atomic mass is 35.5. The number of halogens is 1. The van der Waals surface area contributed by atoms with Crippen molar-refractivity contribution in [2.24, 2.45) is 0 Å². The van der Waals surface area contributed by atoms with Crippen molar-refractivity contribution >= 4 is 17.5 Å². The Balaban J connectivity index is 1.45. The van der Waals surface area contributed by atoms with Gasteiger partial charge in [-0.1, -0.05) is 36.9 Å². The number of carbonyl (C=O) groups excluding carboxylic acids is 1. The number of nitrogens with zero attached hydrogens (tertiary/aromatic N) is 2. The lowest BCUT2D eigenvalue weighted by Crippen LogP contribution is -2.34. The second-order valence-electron chi connectivity index (χ2n) is 7.81. The van der Waals surface area contributed by atoms with Gasteiger partial charge in [0.05, 0.1) is 11.7 Å². The molecule has 4 rings (SSSR count). The van der Waals surface area contributed by atoms with Crippen LogP contribution in [0.5, 0.6) is 5.75 Å². The van der Waals surface area contributed by atoms with Crippen molar-refractivity contribution < 1.29 is 9.53 Å². The number of benzene rings is 1. The summed E-state index contributed by atoms with van der Waals surface area (Å²) in [6.07, 6.45) is 9.87. The fourth-order valence-electron chi connectivity index (χ4n) is 4.55. The van der Waals surface area contributed by atoms with E-state index in [2.05, 4.69) is 4.98 Å². The Kier molecular flexibility index (Phi) is 6.16. The molecule has 0 N–H and O–H groups in total. The first-order chi connectivity index (χ1) is 13.7. The molecule has 1 atom stereocenters. The molecule has 1 saturated carbocycles. The number of amides is 1. The number of aromatic nitrogens is 1. The maximum Gasteiger partial charge on any atom is 0.261 e. The molecule has 28 heavy (non-hydrogen) atoms. The Bertz CT molecular complexity index is 806. The monoisotopic (exact) mass is 398 g/mol. The molecule has 1 aliphatic carbocycles. The highest BCUT2D eigenvalue weighted by Gasteiger charge is 2.31. The van der Waals surface area contributed by atoms with E-state index < -0.39 is 0 Å². The molecule has 0 radical (unpaired) electrons. The molecule has 4 nitrogen and oxygen atoms in total. The van der Waals surface area contributed by atoms with Crippen LogP contribution in [0, 0.1) is 0 Å². The maximum atomic E-state index is 12.9. The molecule has 1 saturated heterocycles. The zero-order chi connectivity index (χ0) is 19.3. The Hall–Kier alpha value is -2.07. The summed E-state index contributed by atoms with van der Waals surface area (Å²) in [6, 6.07) is 11.7. The Morgan fingerprint density at radius 1 is 1.11 bits per heavy atom. The molecule has 2 fully saturated rings. The lowest BCUT2D eigenvalue weighted by Gasteiger charge is -2.26. The van der Waals surface area contributed by atoms with Gasteiger partial charge >= 0.3 is 0 Å². The molecule has 2 heterocycles. The van der Waals surface area contributed by atoms with Crippen molar-refractivity contribution in [3.63, 3.8) is 0 Å². The third-order valence-electron chi connectivity index (χ3n) is 5.97. The summed E-state index contributed by atoms with van der Waals surface area (Å²) in [5.41, 5.74) is 2.12. The lowest BCUT2D eigenvalue weighted by molar-refractivity contribution is -0.134. The molecule has 1 aliphatic heterocycles. The standard InChI is InChI=1S/C23H27ClN2O2/c24-18-11-12-22(19(15-18)17-7-2-1-3-8-17)28-16-23(27)26-14-6-10-21(26)20-9-4-5-13-25-20/h4-5,9,11-13,15,17,21H,1-3,6-8,10,14,16H2/t21-/m0/s1. The Morgan fingerprint density at radius 3 is 2.75 bits per heavy atom. The summed E-state index contributed by atoms with van der Waals surface area (Å²) in [5, 5.41) is 0.731. The summed E-state index contributed by atoms with van der Waals surface area (Å²) in [6.45, 7) is 0.824. The van der Waals surface area contributed by atoms with Crippen molar-refractivity contribution in [2.45, 2.75) is 56.9 Å². The Labute approximate surface area is 171 Å². The summed E-state index contributed by atoms with van der Waals surface area (Å²) in [5.74, 6) is 1.31. The van der Waals surface area contributed by atoms with Crippen LogP contribution in [0.3, 0.4) is 0 Å². The largest absolute Gasteiger partial charge is 0.483 e. The number of hydrogen-bond donors (Lipinski definition) is 0. The van der Waals surface area contributed by atoms with Crippen LogP contribution in [0.15, 0.2) is 42.6 Å². The highest BCUT2D eigenvalue weighted by Crippen LogP contribution is 2.39. The molecular weight excluding hydrogens is 372 g/mol. The van der Waals surface area contributed by atoms with Crippen molar-refractivity contribution in [2.75, 3.05) is 13.2 Å². The zero-order valence-electron chi connectivity index (χ0n) is 16.1. The predicted octanol–water partition coefficient (Wildman–Crippen LogP) is 5.53. The van der Waals surface area contributed by atoms with Gasteiger partial charge in [0.25, 0.3) is 5.91 Å². The van der Waals surface area contributed by atoms with Crippen molar-refractivity contribution in [3.05, 3.63) is 58.9 Å². The molecule has 0 bridgehead atoms. The van der Waals surface area contributed by atoms with Crippen molar-refractivity contribution in [1.82, 2.24) is 9.88 Å². The molecule has 1 aromatic heterocycles.